The lowest BCUT2D eigenvalue weighted by Gasteiger charge is -2.31. The van der Waals surface area contributed by atoms with Crippen LogP contribution in [-0.2, 0) is 11.3 Å². The molecular formula is C23H36N4O. The summed E-state index contributed by atoms with van der Waals surface area (Å²) in [4.78, 5) is 19.6. The SMILES string of the molecule is CNC(=O)C1CCN(Cc2ccc(N3CC[C@H](N4CCC[C@@H]4C)C3)cc2)CC1. The van der Waals surface area contributed by atoms with Crippen molar-refractivity contribution in [3.8, 4) is 0 Å². The number of anilines is 1. The first-order valence-electron chi connectivity index (χ1n) is 11.2. The van der Waals surface area contributed by atoms with E-state index in [0.29, 0.717) is 0 Å². The van der Waals surface area contributed by atoms with Gasteiger partial charge in [0.2, 0.25) is 5.91 Å². The molecule has 5 nitrogen and oxygen atoms in total. The van der Waals surface area contributed by atoms with Gasteiger partial charge in [-0.25, -0.2) is 0 Å². The van der Waals surface area contributed by atoms with Gasteiger partial charge < -0.3 is 10.2 Å². The summed E-state index contributed by atoms with van der Waals surface area (Å²) in [5.41, 5.74) is 2.75. The molecular weight excluding hydrogens is 348 g/mol. The second-order valence-corrected chi connectivity index (χ2v) is 8.95. The van der Waals surface area contributed by atoms with Gasteiger partial charge in [0.05, 0.1) is 0 Å². The van der Waals surface area contributed by atoms with Crippen LogP contribution >= 0.6 is 0 Å². The molecule has 1 N–H and O–H groups in total. The van der Waals surface area contributed by atoms with Gasteiger partial charge in [0.15, 0.2) is 0 Å². The number of nitrogens with zero attached hydrogens (tertiary/aromatic N) is 3. The van der Waals surface area contributed by atoms with Crippen LogP contribution in [0.1, 0.15) is 44.6 Å². The Kier molecular flexibility index (Phi) is 6.22. The molecule has 3 saturated heterocycles. The van der Waals surface area contributed by atoms with Crippen molar-refractivity contribution in [3.05, 3.63) is 29.8 Å². The fourth-order valence-electron chi connectivity index (χ4n) is 5.37. The molecule has 0 bridgehead atoms. The number of rotatable bonds is 5. The first-order chi connectivity index (χ1) is 13.6. The summed E-state index contributed by atoms with van der Waals surface area (Å²) in [7, 11) is 1.74. The number of benzene rings is 1. The van der Waals surface area contributed by atoms with E-state index in [4.69, 9.17) is 0 Å². The molecule has 0 saturated carbocycles. The maximum Gasteiger partial charge on any atom is 0.222 e. The van der Waals surface area contributed by atoms with Crippen molar-refractivity contribution in [1.29, 1.82) is 0 Å². The Hall–Kier alpha value is -1.59. The lowest BCUT2D eigenvalue weighted by atomic mass is 9.95. The van der Waals surface area contributed by atoms with E-state index in [1.165, 1.54) is 50.1 Å². The normalized spacial score (nSPS) is 27.4. The molecule has 3 fully saturated rings. The van der Waals surface area contributed by atoms with Crippen LogP contribution in [0.5, 0.6) is 0 Å². The number of hydrogen-bond acceptors (Lipinski definition) is 4. The van der Waals surface area contributed by atoms with Gasteiger partial charge in [0, 0.05) is 50.4 Å². The van der Waals surface area contributed by atoms with Gasteiger partial charge in [-0.15, -0.1) is 0 Å². The largest absolute Gasteiger partial charge is 0.370 e. The molecule has 28 heavy (non-hydrogen) atoms. The summed E-state index contributed by atoms with van der Waals surface area (Å²) in [5, 5.41) is 2.79. The second kappa shape index (κ2) is 8.83. The number of piperidine rings is 1. The van der Waals surface area contributed by atoms with Gasteiger partial charge in [0.25, 0.3) is 0 Å². The van der Waals surface area contributed by atoms with Gasteiger partial charge in [0.1, 0.15) is 0 Å². The lowest BCUT2D eigenvalue weighted by molar-refractivity contribution is -0.125. The summed E-state index contributed by atoms with van der Waals surface area (Å²) < 4.78 is 0. The van der Waals surface area contributed by atoms with Crippen molar-refractivity contribution in [2.24, 2.45) is 5.92 Å². The topological polar surface area (TPSA) is 38.8 Å². The van der Waals surface area contributed by atoms with Crippen molar-refractivity contribution in [2.75, 3.05) is 44.7 Å². The number of likely N-dealkylation sites (tertiary alicyclic amines) is 2. The van der Waals surface area contributed by atoms with E-state index in [9.17, 15) is 4.79 Å². The Bertz CT molecular complexity index is 653. The number of nitrogens with one attached hydrogen (secondary N) is 1. The van der Waals surface area contributed by atoms with Crippen molar-refractivity contribution >= 4 is 11.6 Å². The predicted octanol–water partition coefficient (Wildman–Crippen LogP) is 2.71. The molecule has 4 rings (SSSR count). The van der Waals surface area contributed by atoms with E-state index < -0.39 is 0 Å². The first kappa shape index (κ1) is 19.7. The zero-order valence-corrected chi connectivity index (χ0v) is 17.6. The molecule has 2 atom stereocenters. The van der Waals surface area contributed by atoms with E-state index in [-0.39, 0.29) is 11.8 Å². The maximum absolute atomic E-state index is 11.8. The van der Waals surface area contributed by atoms with Crippen LogP contribution in [0.4, 0.5) is 5.69 Å². The Balaban J connectivity index is 1.27. The smallest absolute Gasteiger partial charge is 0.222 e. The molecule has 0 unspecified atom stereocenters. The van der Waals surface area contributed by atoms with E-state index >= 15 is 0 Å². The minimum atomic E-state index is 0.199. The average Bonchev–Trinajstić information content (AvgIpc) is 3.37. The maximum atomic E-state index is 11.8. The van der Waals surface area contributed by atoms with E-state index in [0.717, 1.165) is 44.6 Å². The minimum Gasteiger partial charge on any atom is -0.370 e. The van der Waals surface area contributed by atoms with Crippen LogP contribution in [-0.4, -0.2) is 67.6 Å². The summed E-state index contributed by atoms with van der Waals surface area (Å²) in [6, 6.07) is 10.7. The van der Waals surface area contributed by atoms with Crippen LogP contribution in [0.2, 0.25) is 0 Å². The molecule has 154 valence electrons. The van der Waals surface area contributed by atoms with Gasteiger partial charge in [-0.3, -0.25) is 14.6 Å². The summed E-state index contributed by atoms with van der Waals surface area (Å²) in [6.45, 7) is 9.06. The molecule has 1 aromatic rings. The Labute approximate surface area is 170 Å². The van der Waals surface area contributed by atoms with Crippen molar-refractivity contribution in [3.63, 3.8) is 0 Å². The summed E-state index contributed by atoms with van der Waals surface area (Å²) >= 11 is 0. The van der Waals surface area contributed by atoms with E-state index in [1.54, 1.807) is 7.05 Å². The highest BCUT2D eigenvalue weighted by Gasteiger charge is 2.32. The Morgan fingerprint density at radius 3 is 2.43 bits per heavy atom. The molecule has 0 radical (unpaired) electrons. The average molecular weight is 385 g/mol. The van der Waals surface area contributed by atoms with Crippen LogP contribution in [0.15, 0.2) is 24.3 Å². The van der Waals surface area contributed by atoms with Crippen molar-refractivity contribution in [2.45, 2.75) is 57.7 Å². The molecule has 5 heteroatoms. The van der Waals surface area contributed by atoms with Crippen LogP contribution in [0, 0.1) is 5.92 Å². The van der Waals surface area contributed by atoms with Gasteiger partial charge in [-0.1, -0.05) is 12.1 Å². The predicted molar refractivity (Wildman–Crippen MR) is 115 cm³/mol. The number of carbonyl (C=O) groups is 1. The summed E-state index contributed by atoms with van der Waals surface area (Å²) in [5.74, 6) is 0.404. The molecule has 3 aliphatic rings. The standard InChI is InChI=1S/C23H36N4O/c1-18-4-3-12-27(18)22-11-15-26(17-22)21-7-5-19(6-8-21)16-25-13-9-20(10-14-25)23(28)24-2/h5-8,18,20,22H,3-4,9-17H2,1-2H3,(H,24,28)/t18-,22-/m0/s1. The third-order valence-electron chi connectivity index (χ3n) is 7.15. The third kappa shape index (κ3) is 4.36. The highest BCUT2D eigenvalue weighted by atomic mass is 16.1. The monoisotopic (exact) mass is 384 g/mol. The number of carbonyl (C=O) groups excluding carboxylic acids is 1. The highest BCUT2D eigenvalue weighted by Crippen LogP contribution is 2.28. The highest BCUT2D eigenvalue weighted by molar-refractivity contribution is 5.78. The Morgan fingerprint density at radius 1 is 1.04 bits per heavy atom. The molecule has 3 aliphatic heterocycles. The molecule has 3 heterocycles. The zero-order chi connectivity index (χ0) is 19.5. The van der Waals surface area contributed by atoms with E-state index in [1.807, 2.05) is 0 Å². The first-order valence-corrected chi connectivity index (χ1v) is 11.2. The van der Waals surface area contributed by atoms with Gasteiger partial charge in [-0.2, -0.15) is 0 Å². The van der Waals surface area contributed by atoms with Crippen LogP contribution < -0.4 is 10.2 Å². The molecule has 0 spiro atoms. The molecule has 1 aromatic carbocycles. The van der Waals surface area contributed by atoms with E-state index in [2.05, 4.69) is 51.2 Å². The van der Waals surface area contributed by atoms with Crippen LogP contribution in [0.25, 0.3) is 0 Å². The molecule has 0 aliphatic carbocycles. The van der Waals surface area contributed by atoms with Crippen molar-refractivity contribution < 1.29 is 4.79 Å². The fraction of sp³-hybridized carbons (Fsp3) is 0.696. The number of amides is 1. The number of hydrogen-bond donors (Lipinski definition) is 1. The zero-order valence-electron chi connectivity index (χ0n) is 17.6. The lowest BCUT2D eigenvalue weighted by Crippen LogP contribution is -2.39. The fourth-order valence-corrected chi connectivity index (χ4v) is 5.37. The molecule has 0 aromatic heterocycles. The van der Waals surface area contributed by atoms with Gasteiger partial charge in [-0.05, 0) is 76.4 Å². The van der Waals surface area contributed by atoms with Crippen LogP contribution in [0.3, 0.4) is 0 Å². The van der Waals surface area contributed by atoms with Gasteiger partial charge >= 0.3 is 0 Å². The Morgan fingerprint density at radius 2 is 1.79 bits per heavy atom. The minimum absolute atomic E-state index is 0.199. The van der Waals surface area contributed by atoms with Crippen molar-refractivity contribution in [1.82, 2.24) is 15.1 Å². The third-order valence-corrected chi connectivity index (χ3v) is 7.15. The second-order valence-electron chi connectivity index (χ2n) is 8.95. The quantitative estimate of drug-likeness (QED) is 0.847. The summed E-state index contributed by atoms with van der Waals surface area (Å²) in [6.07, 6.45) is 5.98. The molecule has 1 amide bonds.